The van der Waals surface area contributed by atoms with Gasteiger partial charge in [0.05, 0.1) is 6.61 Å². The molecule has 8 heteroatoms. The highest BCUT2D eigenvalue weighted by Crippen LogP contribution is 2.21. The number of hydrogen-bond acceptors (Lipinski definition) is 4. The van der Waals surface area contributed by atoms with Gasteiger partial charge in [-0.25, -0.2) is 8.78 Å². The molecule has 0 saturated carbocycles. The zero-order valence-electron chi connectivity index (χ0n) is 17.8. The summed E-state index contributed by atoms with van der Waals surface area (Å²) in [5.41, 5.74) is -0.559. The van der Waals surface area contributed by atoms with Crippen LogP contribution in [0, 0.1) is 11.6 Å². The third-order valence-electron chi connectivity index (χ3n) is 5.41. The maximum Gasteiger partial charge on any atom is 0.252 e. The molecule has 3 N–H and O–H groups in total. The molecule has 2 aromatic rings. The van der Waals surface area contributed by atoms with Gasteiger partial charge in [0.15, 0.2) is 0 Å². The SMILES string of the molecule is C=CCCOc1ccc(C(=O)NC2(C(=O)NCc3ccc(F)cc3F)CCNCC2)cc1. The van der Waals surface area contributed by atoms with Crippen LogP contribution in [-0.2, 0) is 11.3 Å². The predicted molar refractivity (Wildman–Crippen MR) is 117 cm³/mol. The Hall–Kier alpha value is -3.26. The standard InChI is InChI=1S/C24H27F2N3O3/c1-2-3-14-32-20-8-5-17(6-9-20)22(30)29-24(10-12-27-13-11-24)23(31)28-16-18-4-7-19(25)15-21(18)26/h2,4-9,15,27H,1,3,10-14,16H2,(H,28,31)(H,29,30). The van der Waals surface area contributed by atoms with Crippen molar-refractivity contribution in [3.63, 3.8) is 0 Å². The van der Waals surface area contributed by atoms with Crippen molar-refractivity contribution in [2.24, 2.45) is 0 Å². The Kier molecular flexibility index (Phi) is 7.94. The molecule has 0 spiro atoms. The fourth-order valence-electron chi connectivity index (χ4n) is 3.52. The largest absolute Gasteiger partial charge is 0.493 e. The van der Waals surface area contributed by atoms with Crippen molar-refractivity contribution in [3.05, 3.63) is 77.9 Å². The Morgan fingerprint density at radius 2 is 1.84 bits per heavy atom. The average Bonchev–Trinajstić information content (AvgIpc) is 2.79. The summed E-state index contributed by atoms with van der Waals surface area (Å²) in [7, 11) is 0. The molecule has 0 unspecified atom stereocenters. The first-order valence-corrected chi connectivity index (χ1v) is 10.5. The Labute approximate surface area is 186 Å². The Morgan fingerprint density at radius 3 is 2.50 bits per heavy atom. The van der Waals surface area contributed by atoms with Crippen LogP contribution in [0.25, 0.3) is 0 Å². The van der Waals surface area contributed by atoms with Crippen LogP contribution in [-0.4, -0.2) is 37.0 Å². The third kappa shape index (κ3) is 5.91. The highest BCUT2D eigenvalue weighted by Gasteiger charge is 2.41. The molecule has 1 saturated heterocycles. The molecule has 1 heterocycles. The Balaban J connectivity index is 1.67. The average molecular weight is 443 g/mol. The van der Waals surface area contributed by atoms with E-state index in [-0.39, 0.29) is 18.0 Å². The Morgan fingerprint density at radius 1 is 1.12 bits per heavy atom. The second-order valence-electron chi connectivity index (χ2n) is 7.65. The van der Waals surface area contributed by atoms with Crippen molar-refractivity contribution in [2.75, 3.05) is 19.7 Å². The van der Waals surface area contributed by atoms with E-state index in [1.54, 1.807) is 30.3 Å². The molecule has 1 aliphatic rings. The zero-order chi connectivity index (χ0) is 23.0. The van der Waals surface area contributed by atoms with Gasteiger partial charge in [-0.05, 0) is 62.7 Å². The summed E-state index contributed by atoms with van der Waals surface area (Å²) in [4.78, 5) is 26.0. The lowest BCUT2D eigenvalue weighted by Crippen LogP contribution is -2.62. The summed E-state index contributed by atoms with van der Waals surface area (Å²) in [5, 5.41) is 8.75. The van der Waals surface area contributed by atoms with Crippen molar-refractivity contribution < 1.29 is 23.1 Å². The van der Waals surface area contributed by atoms with E-state index in [1.807, 2.05) is 0 Å². The number of rotatable bonds is 9. The molecule has 1 fully saturated rings. The van der Waals surface area contributed by atoms with E-state index in [2.05, 4.69) is 22.5 Å². The summed E-state index contributed by atoms with van der Waals surface area (Å²) in [6.45, 7) is 5.14. The van der Waals surface area contributed by atoms with Gasteiger partial charge in [-0.2, -0.15) is 0 Å². The second kappa shape index (κ2) is 10.9. The molecular weight excluding hydrogens is 416 g/mol. The normalized spacial score (nSPS) is 14.9. The van der Waals surface area contributed by atoms with Gasteiger partial charge in [-0.3, -0.25) is 9.59 Å². The maximum absolute atomic E-state index is 13.9. The summed E-state index contributed by atoms with van der Waals surface area (Å²) < 4.78 is 32.6. The second-order valence-corrected chi connectivity index (χ2v) is 7.65. The van der Waals surface area contributed by atoms with Crippen LogP contribution < -0.4 is 20.7 Å². The molecule has 1 aliphatic heterocycles. The third-order valence-corrected chi connectivity index (χ3v) is 5.41. The van der Waals surface area contributed by atoms with Crippen LogP contribution in [0.1, 0.15) is 35.2 Å². The Bertz CT molecular complexity index is 957. The maximum atomic E-state index is 13.9. The van der Waals surface area contributed by atoms with Gasteiger partial charge >= 0.3 is 0 Å². The van der Waals surface area contributed by atoms with Gasteiger partial charge in [-0.1, -0.05) is 12.1 Å². The molecular formula is C24H27F2N3O3. The molecule has 170 valence electrons. The molecule has 3 rings (SSSR count). The van der Waals surface area contributed by atoms with Crippen molar-refractivity contribution in [2.45, 2.75) is 31.3 Å². The molecule has 6 nitrogen and oxygen atoms in total. The van der Waals surface area contributed by atoms with E-state index in [0.29, 0.717) is 43.9 Å². The van der Waals surface area contributed by atoms with Crippen LogP contribution in [0.3, 0.4) is 0 Å². The van der Waals surface area contributed by atoms with Crippen LogP contribution >= 0.6 is 0 Å². The smallest absolute Gasteiger partial charge is 0.252 e. The minimum Gasteiger partial charge on any atom is -0.493 e. The van der Waals surface area contributed by atoms with E-state index in [4.69, 9.17) is 4.74 Å². The van der Waals surface area contributed by atoms with E-state index in [0.717, 1.165) is 18.6 Å². The summed E-state index contributed by atoms with van der Waals surface area (Å²) in [6.07, 6.45) is 3.25. The molecule has 32 heavy (non-hydrogen) atoms. The molecule has 0 bridgehead atoms. The number of hydrogen-bond donors (Lipinski definition) is 3. The monoisotopic (exact) mass is 443 g/mol. The van der Waals surface area contributed by atoms with E-state index in [9.17, 15) is 18.4 Å². The van der Waals surface area contributed by atoms with Gasteiger partial charge in [0.2, 0.25) is 5.91 Å². The molecule has 0 radical (unpaired) electrons. The van der Waals surface area contributed by atoms with Gasteiger partial charge in [0.25, 0.3) is 5.91 Å². The predicted octanol–water partition coefficient (Wildman–Crippen LogP) is 3.09. The van der Waals surface area contributed by atoms with Crippen molar-refractivity contribution >= 4 is 11.8 Å². The molecule has 0 aliphatic carbocycles. The highest BCUT2D eigenvalue weighted by molar-refractivity contribution is 5.99. The lowest BCUT2D eigenvalue weighted by atomic mass is 9.86. The van der Waals surface area contributed by atoms with Crippen molar-refractivity contribution in [1.29, 1.82) is 0 Å². The molecule has 2 amide bonds. The fourth-order valence-corrected chi connectivity index (χ4v) is 3.52. The fraction of sp³-hybridized carbons (Fsp3) is 0.333. The first kappa shape index (κ1) is 23.4. The zero-order valence-corrected chi connectivity index (χ0v) is 17.8. The number of nitrogens with one attached hydrogen (secondary N) is 3. The first-order valence-electron chi connectivity index (χ1n) is 10.5. The molecule has 2 aromatic carbocycles. The van der Waals surface area contributed by atoms with Crippen LogP contribution in [0.15, 0.2) is 55.1 Å². The van der Waals surface area contributed by atoms with Gasteiger partial charge < -0.3 is 20.7 Å². The molecule has 0 aromatic heterocycles. The quantitative estimate of drug-likeness (QED) is 0.411. The lowest BCUT2D eigenvalue weighted by Gasteiger charge is -2.37. The highest BCUT2D eigenvalue weighted by atomic mass is 19.1. The summed E-state index contributed by atoms with van der Waals surface area (Å²) >= 11 is 0. The summed E-state index contributed by atoms with van der Waals surface area (Å²) in [6, 6.07) is 9.87. The van der Waals surface area contributed by atoms with Gasteiger partial charge in [0.1, 0.15) is 22.9 Å². The van der Waals surface area contributed by atoms with Crippen molar-refractivity contribution in [1.82, 2.24) is 16.0 Å². The summed E-state index contributed by atoms with van der Waals surface area (Å²) in [5.74, 6) is -1.56. The number of benzene rings is 2. The number of halogens is 2. The van der Waals surface area contributed by atoms with E-state index >= 15 is 0 Å². The number of piperidine rings is 1. The number of carbonyl (C=O) groups excluding carboxylic acids is 2. The van der Waals surface area contributed by atoms with E-state index < -0.39 is 23.1 Å². The van der Waals surface area contributed by atoms with Crippen molar-refractivity contribution in [3.8, 4) is 5.75 Å². The minimum absolute atomic E-state index is 0.104. The first-order chi connectivity index (χ1) is 15.4. The minimum atomic E-state index is -1.13. The van der Waals surface area contributed by atoms with Crippen LogP contribution in [0.2, 0.25) is 0 Å². The van der Waals surface area contributed by atoms with Gasteiger partial charge in [-0.15, -0.1) is 6.58 Å². The topological polar surface area (TPSA) is 79.5 Å². The lowest BCUT2D eigenvalue weighted by molar-refractivity contribution is -0.128. The number of carbonyl (C=O) groups is 2. The van der Waals surface area contributed by atoms with Crippen LogP contribution in [0.4, 0.5) is 8.78 Å². The van der Waals surface area contributed by atoms with Gasteiger partial charge in [0, 0.05) is 23.7 Å². The number of ether oxygens (including phenoxy) is 1. The van der Waals surface area contributed by atoms with E-state index in [1.165, 1.54) is 6.07 Å². The van der Waals surface area contributed by atoms with Crippen LogP contribution in [0.5, 0.6) is 5.75 Å². The molecule has 0 atom stereocenters. The number of amides is 2.